The molecular formula is C24H28N2O3. The molecule has 1 aromatic heterocycles. The van der Waals surface area contributed by atoms with Crippen LogP contribution >= 0.6 is 0 Å². The molecule has 0 unspecified atom stereocenters. The summed E-state index contributed by atoms with van der Waals surface area (Å²) in [5, 5.41) is 2.79. The van der Waals surface area contributed by atoms with Gasteiger partial charge in [-0.1, -0.05) is 0 Å². The molecule has 0 atom stereocenters. The van der Waals surface area contributed by atoms with Gasteiger partial charge in [0.15, 0.2) is 5.76 Å². The SMILES string of the molecule is CN(CC12CC3CC(CC(C3)C1)C2)C(=O)c1ccc(NC(=O)c2ccco2)cc1. The van der Waals surface area contributed by atoms with E-state index in [1.807, 2.05) is 11.9 Å². The Bertz CT molecular complexity index is 865. The third kappa shape index (κ3) is 3.59. The number of carbonyl (C=O) groups is 2. The summed E-state index contributed by atoms with van der Waals surface area (Å²) in [4.78, 5) is 27.0. The molecule has 0 aliphatic heterocycles. The molecule has 152 valence electrons. The summed E-state index contributed by atoms with van der Waals surface area (Å²) in [5.41, 5.74) is 1.65. The number of rotatable bonds is 5. The molecule has 1 heterocycles. The molecule has 4 aliphatic carbocycles. The third-order valence-electron chi connectivity index (χ3n) is 7.22. The summed E-state index contributed by atoms with van der Waals surface area (Å²) in [7, 11) is 1.94. The topological polar surface area (TPSA) is 62.6 Å². The Balaban J connectivity index is 1.23. The summed E-state index contributed by atoms with van der Waals surface area (Å²) < 4.78 is 5.10. The second-order valence-electron chi connectivity index (χ2n) is 9.59. The van der Waals surface area contributed by atoms with E-state index in [1.54, 1.807) is 36.4 Å². The van der Waals surface area contributed by atoms with Crippen molar-refractivity contribution in [2.75, 3.05) is 18.9 Å². The van der Waals surface area contributed by atoms with Crippen molar-refractivity contribution in [3.8, 4) is 0 Å². The molecule has 4 aliphatic rings. The maximum absolute atomic E-state index is 13.0. The Morgan fingerprint density at radius 2 is 1.66 bits per heavy atom. The second-order valence-corrected chi connectivity index (χ2v) is 9.59. The summed E-state index contributed by atoms with van der Waals surface area (Å²) in [6, 6.07) is 10.4. The van der Waals surface area contributed by atoms with Gasteiger partial charge in [0.05, 0.1) is 6.26 Å². The van der Waals surface area contributed by atoms with E-state index in [9.17, 15) is 9.59 Å². The minimum absolute atomic E-state index is 0.0599. The van der Waals surface area contributed by atoms with Crippen LogP contribution in [0.3, 0.4) is 0 Å². The van der Waals surface area contributed by atoms with Crippen LogP contribution in [0.4, 0.5) is 5.69 Å². The van der Waals surface area contributed by atoms with Crippen molar-refractivity contribution in [1.82, 2.24) is 4.90 Å². The van der Waals surface area contributed by atoms with Crippen molar-refractivity contribution in [2.45, 2.75) is 38.5 Å². The van der Waals surface area contributed by atoms with Crippen LogP contribution in [0.1, 0.15) is 59.4 Å². The Kier molecular flexibility index (Phi) is 4.49. The molecule has 0 spiro atoms. The van der Waals surface area contributed by atoms with E-state index in [2.05, 4.69) is 5.32 Å². The number of nitrogens with one attached hydrogen (secondary N) is 1. The van der Waals surface area contributed by atoms with Crippen molar-refractivity contribution in [2.24, 2.45) is 23.2 Å². The molecule has 2 amide bonds. The van der Waals surface area contributed by atoms with E-state index in [0.717, 1.165) is 24.3 Å². The van der Waals surface area contributed by atoms with E-state index >= 15 is 0 Å². The van der Waals surface area contributed by atoms with E-state index in [0.29, 0.717) is 16.7 Å². The fraction of sp³-hybridized carbons (Fsp3) is 0.500. The zero-order chi connectivity index (χ0) is 20.0. The number of benzene rings is 1. The average Bonchev–Trinajstić information content (AvgIpc) is 3.21. The predicted molar refractivity (Wildman–Crippen MR) is 111 cm³/mol. The van der Waals surface area contributed by atoms with Gasteiger partial charge in [-0.3, -0.25) is 9.59 Å². The van der Waals surface area contributed by atoms with Crippen LogP contribution in [0, 0.1) is 23.2 Å². The van der Waals surface area contributed by atoms with Gasteiger partial charge < -0.3 is 14.6 Å². The summed E-state index contributed by atoms with van der Waals surface area (Å²) in [6.45, 7) is 0.867. The highest BCUT2D eigenvalue weighted by atomic mass is 16.3. The van der Waals surface area contributed by atoms with Crippen LogP contribution in [-0.4, -0.2) is 30.3 Å². The normalized spacial score (nSPS) is 29.6. The molecule has 1 N–H and O–H groups in total. The zero-order valence-electron chi connectivity index (χ0n) is 16.9. The minimum Gasteiger partial charge on any atom is -0.459 e. The first-order chi connectivity index (χ1) is 14.0. The quantitative estimate of drug-likeness (QED) is 0.793. The number of carbonyl (C=O) groups excluding carboxylic acids is 2. The Morgan fingerprint density at radius 1 is 1.03 bits per heavy atom. The number of anilines is 1. The van der Waals surface area contributed by atoms with Gasteiger partial charge in [0, 0.05) is 24.8 Å². The standard InChI is InChI=1S/C24H28N2O3/c1-26(15-24-12-16-9-17(13-24)11-18(10-16)14-24)23(28)19-4-6-20(7-5-19)25-22(27)21-3-2-8-29-21/h2-8,16-18H,9-15H2,1H3,(H,25,27). The second kappa shape index (κ2) is 7.05. The van der Waals surface area contributed by atoms with Crippen molar-refractivity contribution < 1.29 is 14.0 Å². The molecule has 4 saturated carbocycles. The van der Waals surface area contributed by atoms with Gasteiger partial charge in [0.25, 0.3) is 11.8 Å². The summed E-state index contributed by atoms with van der Waals surface area (Å²) in [6.07, 6.45) is 9.62. The zero-order valence-corrected chi connectivity index (χ0v) is 16.9. The largest absolute Gasteiger partial charge is 0.459 e. The van der Waals surface area contributed by atoms with Gasteiger partial charge >= 0.3 is 0 Å². The smallest absolute Gasteiger partial charge is 0.291 e. The van der Waals surface area contributed by atoms with Gasteiger partial charge in [-0.05, 0) is 98.1 Å². The van der Waals surface area contributed by atoms with Gasteiger partial charge in [0.2, 0.25) is 0 Å². The molecule has 4 fully saturated rings. The Labute approximate surface area is 171 Å². The molecule has 2 aromatic rings. The van der Waals surface area contributed by atoms with Crippen molar-refractivity contribution >= 4 is 17.5 Å². The first-order valence-electron chi connectivity index (χ1n) is 10.7. The van der Waals surface area contributed by atoms with Crippen molar-refractivity contribution in [3.63, 3.8) is 0 Å². The first kappa shape index (κ1) is 18.5. The number of amides is 2. The highest BCUT2D eigenvalue weighted by molar-refractivity contribution is 6.02. The van der Waals surface area contributed by atoms with Crippen LogP contribution in [0.25, 0.3) is 0 Å². The maximum Gasteiger partial charge on any atom is 0.291 e. The molecular weight excluding hydrogens is 364 g/mol. The number of nitrogens with zero attached hydrogens (tertiary/aromatic N) is 1. The minimum atomic E-state index is -0.298. The van der Waals surface area contributed by atoms with E-state index in [-0.39, 0.29) is 17.6 Å². The van der Waals surface area contributed by atoms with Gasteiger partial charge in [-0.25, -0.2) is 0 Å². The third-order valence-corrected chi connectivity index (χ3v) is 7.22. The van der Waals surface area contributed by atoms with Gasteiger partial charge in [0.1, 0.15) is 0 Å². The lowest BCUT2D eigenvalue weighted by molar-refractivity contribution is -0.0629. The van der Waals surface area contributed by atoms with Gasteiger partial charge in [-0.2, -0.15) is 0 Å². The lowest BCUT2D eigenvalue weighted by atomic mass is 9.49. The molecule has 1 aromatic carbocycles. The molecule has 0 radical (unpaired) electrons. The number of hydrogen-bond donors (Lipinski definition) is 1. The molecule has 6 rings (SSSR count). The van der Waals surface area contributed by atoms with Crippen LogP contribution in [0.5, 0.6) is 0 Å². The van der Waals surface area contributed by atoms with E-state index in [1.165, 1.54) is 44.8 Å². The molecule has 5 nitrogen and oxygen atoms in total. The van der Waals surface area contributed by atoms with E-state index in [4.69, 9.17) is 4.42 Å². The molecule has 4 bridgehead atoms. The summed E-state index contributed by atoms with van der Waals surface area (Å²) >= 11 is 0. The van der Waals surface area contributed by atoms with E-state index < -0.39 is 0 Å². The molecule has 0 saturated heterocycles. The average molecular weight is 392 g/mol. The maximum atomic E-state index is 13.0. The number of hydrogen-bond acceptors (Lipinski definition) is 3. The van der Waals surface area contributed by atoms with Crippen LogP contribution < -0.4 is 5.32 Å². The van der Waals surface area contributed by atoms with Crippen LogP contribution in [0.2, 0.25) is 0 Å². The molecule has 5 heteroatoms. The van der Waals surface area contributed by atoms with Crippen LogP contribution in [-0.2, 0) is 0 Å². The van der Waals surface area contributed by atoms with Crippen LogP contribution in [0.15, 0.2) is 47.1 Å². The monoisotopic (exact) mass is 392 g/mol. The fourth-order valence-corrected chi connectivity index (χ4v) is 6.58. The predicted octanol–water partition coefficient (Wildman–Crippen LogP) is 4.82. The Morgan fingerprint density at radius 3 is 2.21 bits per heavy atom. The number of furan rings is 1. The molecule has 29 heavy (non-hydrogen) atoms. The fourth-order valence-electron chi connectivity index (χ4n) is 6.58. The van der Waals surface area contributed by atoms with Crippen molar-refractivity contribution in [3.05, 3.63) is 54.0 Å². The highest BCUT2D eigenvalue weighted by Crippen LogP contribution is 2.60. The highest BCUT2D eigenvalue weighted by Gasteiger charge is 2.51. The first-order valence-corrected chi connectivity index (χ1v) is 10.7. The summed E-state index contributed by atoms with van der Waals surface area (Å²) in [5.74, 6) is 2.70. The Hall–Kier alpha value is -2.56. The lowest BCUT2D eigenvalue weighted by Gasteiger charge is -2.57. The van der Waals surface area contributed by atoms with Gasteiger partial charge in [-0.15, -0.1) is 0 Å². The van der Waals surface area contributed by atoms with Crippen molar-refractivity contribution in [1.29, 1.82) is 0 Å². The lowest BCUT2D eigenvalue weighted by Crippen LogP contribution is -2.51.